The van der Waals surface area contributed by atoms with E-state index in [0.717, 1.165) is 5.39 Å². The second kappa shape index (κ2) is 6.21. The van der Waals surface area contributed by atoms with Crippen LogP contribution in [0.3, 0.4) is 0 Å². The van der Waals surface area contributed by atoms with Gasteiger partial charge in [-0.1, -0.05) is 22.8 Å². The molecule has 0 bridgehead atoms. The van der Waals surface area contributed by atoms with Crippen molar-refractivity contribution in [2.75, 3.05) is 31.8 Å². The van der Waals surface area contributed by atoms with Crippen LogP contribution in [0.5, 0.6) is 0 Å². The van der Waals surface area contributed by atoms with Gasteiger partial charge in [-0.2, -0.15) is 0 Å². The number of esters is 1. The van der Waals surface area contributed by atoms with Crippen LogP contribution < -0.4 is 10.6 Å². The Balaban J connectivity index is 2.20. The molecule has 0 aliphatic rings. The molecule has 0 amide bonds. The van der Waals surface area contributed by atoms with Gasteiger partial charge in [0.2, 0.25) is 0 Å². The molecule has 0 radical (unpaired) electrons. The Hall–Kier alpha value is -2.87. The highest BCUT2D eigenvalue weighted by molar-refractivity contribution is 6.35. The molecule has 2 heterocycles. The van der Waals surface area contributed by atoms with Crippen LogP contribution >= 0.6 is 11.6 Å². The molecule has 9 heteroatoms. The number of hydrogen-bond donors (Lipinski definition) is 1. The number of nitrogens with zero attached hydrogens (tertiary/aromatic N) is 3. The predicted molar refractivity (Wildman–Crippen MR) is 92.3 cm³/mol. The number of anilines is 2. The Morgan fingerprint density at radius 1 is 1.40 bits per heavy atom. The number of methoxy groups -OCH3 is 1. The van der Waals surface area contributed by atoms with E-state index in [2.05, 4.69) is 14.9 Å². The van der Waals surface area contributed by atoms with Gasteiger partial charge < -0.3 is 19.9 Å². The molecule has 0 saturated heterocycles. The Kier molecular flexibility index (Phi) is 4.22. The molecule has 3 rings (SSSR count). The fourth-order valence-corrected chi connectivity index (χ4v) is 2.58. The topological polar surface area (TPSA) is 94.5 Å². The summed E-state index contributed by atoms with van der Waals surface area (Å²) in [4.78, 5) is 17.6. The Morgan fingerprint density at radius 3 is 2.76 bits per heavy atom. The van der Waals surface area contributed by atoms with Gasteiger partial charge in [0.1, 0.15) is 5.69 Å². The van der Waals surface area contributed by atoms with Gasteiger partial charge in [-0.25, -0.2) is 14.2 Å². The van der Waals surface area contributed by atoms with Crippen LogP contribution in [0.4, 0.5) is 15.9 Å². The Bertz CT molecular complexity index is 987. The number of ether oxygens (including phenoxy) is 1. The highest BCUT2D eigenvalue weighted by Crippen LogP contribution is 2.34. The lowest BCUT2D eigenvalue weighted by atomic mass is 10.1. The molecule has 130 valence electrons. The van der Waals surface area contributed by atoms with Crippen molar-refractivity contribution in [1.82, 2.24) is 10.1 Å². The number of benzene rings is 1. The molecule has 7 nitrogen and oxygen atoms in total. The van der Waals surface area contributed by atoms with E-state index in [9.17, 15) is 9.18 Å². The Morgan fingerprint density at radius 2 is 2.12 bits per heavy atom. The fourth-order valence-electron chi connectivity index (χ4n) is 2.38. The molecule has 0 aliphatic heterocycles. The van der Waals surface area contributed by atoms with E-state index in [1.54, 1.807) is 23.1 Å². The highest BCUT2D eigenvalue weighted by Gasteiger charge is 2.23. The molecule has 1 aromatic carbocycles. The van der Waals surface area contributed by atoms with Gasteiger partial charge in [0, 0.05) is 19.7 Å². The molecule has 0 saturated carbocycles. The van der Waals surface area contributed by atoms with Crippen molar-refractivity contribution in [2.45, 2.75) is 0 Å². The summed E-state index contributed by atoms with van der Waals surface area (Å²) >= 11 is 5.90. The van der Waals surface area contributed by atoms with Crippen molar-refractivity contribution in [2.24, 2.45) is 0 Å². The fraction of sp³-hybridized carbons (Fsp3) is 0.188. The number of nitrogen functional groups attached to an aromatic ring is 1. The molecule has 0 fully saturated rings. The number of nitrogens with two attached hydrogens (primary N) is 1. The molecule has 2 N–H and O–H groups in total. The van der Waals surface area contributed by atoms with E-state index in [4.69, 9.17) is 21.9 Å². The monoisotopic (exact) mass is 364 g/mol. The first-order chi connectivity index (χ1) is 11.8. The lowest BCUT2D eigenvalue weighted by Gasteiger charge is -2.10. The number of halogens is 2. The number of carbonyl (C=O) groups excluding carboxylic acids is 1. The van der Waals surface area contributed by atoms with E-state index in [0.29, 0.717) is 17.0 Å². The third-order valence-corrected chi connectivity index (χ3v) is 4.02. The van der Waals surface area contributed by atoms with E-state index in [1.165, 1.54) is 7.11 Å². The third kappa shape index (κ3) is 2.74. The van der Waals surface area contributed by atoms with E-state index >= 15 is 0 Å². The van der Waals surface area contributed by atoms with Crippen molar-refractivity contribution >= 4 is 40.0 Å². The zero-order valence-electron chi connectivity index (χ0n) is 13.6. The Labute approximate surface area is 147 Å². The normalized spacial score (nSPS) is 10.9. The minimum Gasteiger partial charge on any atom is -0.464 e. The summed E-state index contributed by atoms with van der Waals surface area (Å²) in [6.45, 7) is 0. The van der Waals surface area contributed by atoms with Gasteiger partial charge in [0.15, 0.2) is 22.9 Å². The van der Waals surface area contributed by atoms with Gasteiger partial charge in [-0.3, -0.25) is 0 Å². The summed E-state index contributed by atoms with van der Waals surface area (Å²) in [5.74, 6) is -1.00. The van der Waals surface area contributed by atoms with Gasteiger partial charge in [0.05, 0.1) is 23.2 Å². The molecule has 2 aromatic heterocycles. The molecule has 0 atom stereocenters. The van der Waals surface area contributed by atoms with E-state index < -0.39 is 11.8 Å². The van der Waals surface area contributed by atoms with Crippen molar-refractivity contribution in [3.63, 3.8) is 0 Å². The standard InChI is InChI=1S/C16H14ClFN4O3/c1-22(2)15-8-5-4-7(6-9(8)25-21-15)13-11(18)12(19)10(17)14(20-13)16(23)24-3/h4-6H,1-3H3,(H2,19,20). The van der Waals surface area contributed by atoms with Crippen LogP contribution in [-0.2, 0) is 4.74 Å². The van der Waals surface area contributed by atoms with Gasteiger partial charge in [-0.05, 0) is 12.1 Å². The second-order valence-electron chi connectivity index (χ2n) is 5.45. The number of hydrogen-bond acceptors (Lipinski definition) is 7. The summed E-state index contributed by atoms with van der Waals surface area (Å²) in [6, 6.07) is 4.92. The molecule has 3 aromatic rings. The van der Waals surface area contributed by atoms with E-state index in [-0.39, 0.29) is 22.1 Å². The highest BCUT2D eigenvalue weighted by atomic mass is 35.5. The summed E-state index contributed by atoms with van der Waals surface area (Å²) < 4.78 is 24.4. The van der Waals surface area contributed by atoms with E-state index in [1.807, 2.05) is 14.1 Å². The summed E-state index contributed by atoms with van der Waals surface area (Å²) in [6.07, 6.45) is 0. The maximum atomic E-state index is 14.6. The lowest BCUT2D eigenvalue weighted by molar-refractivity contribution is 0.0594. The second-order valence-corrected chi connectivity index (χ2v) is 5.83. The van der Waals surface area contributed by atoms with Crippen molar-refractivity contribution < 1.29 is 18.4 Å². The zero-order chi connectivity index (χ0) is 18.3. The largest absolute Gasteiger partial charge is 0.464 e. The third-order valence-electron chi connectivity index (χ3n) is 3.64. The number of aromatic nitrogens is 2. The lowest BCUT2D eigenvalue weighted by Crippen LogP contribution is -2.10. The van der Waals surface area contributed by atoms with Crippen molar-refractivity contribution in [1.29, 1.82) is 0 Å². The molecule has 0 unspecified atom stereocenters. The summed E-state index contributed by atoms with van der Waals surface area (Å²) in [7, 11) is 4.83. The average molecular weight is 365 g/mol. The van der Waals surface area contributed by atoms with Crippen LogP contribution in [0, 0.1) is 5.82 Å². The smallest absolute Gasteiger partial charge is 0.358 e. The van der Waals surface area contributed by atoms with Crippen LogP contribution in [0.2, 0.25) is 5.02 Å². The maximum absolute atomic E-state index is 14.6. The van der Waals surface area contributed by atoms with Crippen molar-refractivity contribution in [3.05, 3.63) is 34.7 Å². The van der Waals surface area contributed by atoms with Crippen LogP contribution in [0.15, 0.2) is 22.7 Å². The summed E-state index contributed by atoms with van der Waals surface area (Å²) in [5, 5.41) is 4.43. The minimum atomic E-state index is -0.829. The molecular weight excluding hydrogens is 351 g/mol. The SMILES string of the molecule is COC(=O)c1nc(-c2ccc3c(N(C)C)noc3c2)c(F)c(N)c1Cl. The molecule has 0 spiro atoms. The molecule has 0 aliphatic carbocycles. The number of fused-ring (bicyclic) bond motifs is 1. The van der Waals surface area contributed by atoms with Crippen molar-refractivity contribution in [3.8, 4) is 11.3 Å². The predicted octanol–water partition coefficient (Wildman–Crippen LogP) is 3.12. The first-order valence-electron chi connectivity index (χ1n) is 7.15. The molecule has 25 heavy (non-hydrogen) atoms. The average Bonchev–Trinajstić information content (AvgIpc) is 3.02. The van der Waals surface area contributed by atoms with Gasteiger partial charge in [0.25, 0.3) is 0 Å². The number of carbonyl (C=O) groups is 1. The molecular formula is C16H14ClFN4O3. The number of rotatable bonds is 3. The van der Waals surface area contributed by atoms with Gasteiger partial charge >= 0.3 is 5.97 Å². The zero-order valence-corrected chi connectivity index (χ0v) is 14.4. The first-order valence-corrected chi connectivity index (χ1v) is 7.52. The maximum Gasteiger partial charge on any atom is 0.358 e. The van der Waals surface area contributed by atoms with Gasteiger partial charge in [-0.15, -0.1) is 0 Å². The van der Waals surface area contributed by atoms with Crippen LogP contribution in [0.25, 0.3) is 22.2 Å². The van der Waals surface area contributed by atoms with Crippen LogP contribution in [-0.4, -0.2) is 37.3 Å². The quantitative estimate of drug-likeness (QED) is 0.713. The number of pyridine rings is 1. The first kappa shape index (κ1) is 17.0. The minimum absolute atomic E-state index is 0.132. The summed E-state index contributed by atoms with van der Waals surface area (Å²) in [5.41, 5.74) is 5.71. The van der Waals surface area contributed by atoms with Crippen LogP contribution in [0.1, 0.15) is 10.5 Å².